The van der Waals surface area contributed by atoms with Gasteiger partial charge in [-0.3, -0.25) is 0 Å². The fourth-order valence-electron chi connectivity index (χ4n) is 2.59. The molecule has 0 atom stereocenters. The van der Waals surface area contributed by atoms with Crippen LogP contribution in [0.15, 0.2) is 71.8 Å². The van der Waals surface area contributed by atoms with E-state index in [-0.39, 0.29) is 0 Å². The van der Waals surface area contributed by atoms with Crippen molar-refractivity contribution >= 4 is 17.4 Å². The Kier molecular flexibility index (Phi) is 4.35. The van der Waals surface area contributed by atoms with Gasteiger partial charge in [0.1, 0.15) is 10.8 Å². The summed E-state index contributed by atoms with van der Waals surface area (Å²) in [6.07, 6.45) is 0. The number of thioether (sulfide) groups is 1. The number of hydrogen-bond acceptors (Lipinski definition) is 5. The van der Waals surface area contributed by atoms with Gasteiger partial charge in [0, 0.05) is 16.9 Å². The predicted molar refractivity (Wildman–Crippen MR) is 98.8 cm³/mol. The van der Waals surface area contributed by atoms with Crippen molar-refractivity contribution in [3.8, 4) is 17.1 Å². The summed E-state index contributed by atoms with van der Waals surface area (Å²) < 4.78 is 7.20. The normalized spacial score (nSPS) is 10.9. The highest BCUT2D eigenvalue weighted by molar-refractivity contribution is 7.98. The Morgan fingerprint density at radius 1 is 0.920 bits per heavy atom. The lowest BCUT2D eigenvalue weighted by molar-refractivity contribution is 0.411. The molecule has 2 aromatic heterocycles. The van der Waals surface area contributed by atoms with Crippen LogP contribution in [0.1, 0.15) is 5.56 Å². The second-order valence-electron chi connectivity index (χ2n) is 5.43. The van der Waals surface area contributed by atoms with Gasteiger partial charge in [-0.15, -0.1) is 10.2 Å². The quantitative estimate of drug-likeness (QED) is 0.508. The van der Waals surface area contributed by atoms with Crippen molar-refractivity contribution in [1.82, 2.24) is 19.8 Å². The molecule has 5 nitrogen and oxygen atoms in total. The molecule has 4 rings (SSSR count). The minimum Gasteiger partial charge on any atom is -0.496 e. The lowest BCUT2D eigenvalue weighted by atomic mass is 10.2. The molecule has 0 saturated carbocycles. The smallest absolute Gasteiger partial charge is 0.185 e. The van der Waals surface area contributed by atoms with Crippen molar-refractivity contribution in [3.05, 3.63) is 72.3 Å². The van der Waals surface area contributed by atoms with E-state index in [2.05, 4.69) is 16.3 Å². The van der Waals surface area contributed by atoms with E-state index in [9.17, 15) is 0 Å². The Morgan fingerprint density at radius 2 is 1.72 bits per heavy atom. The fraction of sp³-hybridized carbons (Fsp3) is 0.105. The number of hydrogen-bond donors (Lipinski definition) is 0. The van der Waals surface area contributed by atoms with Crippen LogP contribution in [0.25, 0.3) is 17.0 Å². The highest BCUT2D eigenvalue weighted by Crippen LogP contribution is 2.27. The number of para-hydroxylation sites is 1. The lowest BCUT2D eigenvalue weighted by Crippen LogP contribution is -1.97. The number of aromatic nitrogens is 4. The van der Waals surface area contributed by atoms with Crippen molar-refractivity contribution < 1.29 is 4.74 Å². The molecule has 0 saturated heterocycles. The zero-order chi connectivity index (χ0) is 17.1. The SMILES string of the molecule is COc1ccccc1CSc1ccc2nnc(-c3ccccc3)n2n1. The van der Waals surface area contributed by atoms with Gasteiger partial charge in [-0.05, 0) is 18.2 Å². The Morgan fingerprint density at radius 3 is 2.56 bits per heavy atom. The van der Waals surface area contributed by atoms with Crippen LogP contribution in [0.4, 0.5) is 0 Å². The first-order valence-corrected chi connectivity index (χ1v) is 8.86. The molecular formula is C19H16N4OS. The third-order valence-electron chi connectivity index (χ3n) is 3.84. The highest BCUT2D eigenvalue weighted by Gasteiger charge is 2.10. The third kappa shape index (κ3) is 3.21. The van der Waals surface area contributed by atoms with E-state index in [0.29, 0.717) is 0 Å². The Bertz CT molecular complexity index is 1000. The minimum absolute atomic E-state index is 0.737. The van der Waals surface area contributed by atoms with Gasteiger partial charge in [0.2, 0.25) is 0 Å². The van der Waals surface area contributed by atoms with Crippen molar-refractivity contribution in [2.45, 2.75) is 10.8 Å². The van der Waals surface area contributed by atoms with Crippen LogP contribution in [0.2, 0.25) is 0 Å². The van der Waals surface area contributed by atoms with E-state index in [4.69, 9.17) is 9.84 Å². The second kappa shape index (κ2) is 6.94. The maximum atomic E-state index is 5.41. The van der Waals surface area contributed by atoms with Crippen molar-refractivity contribution in [2.24, 2.45) is 0 Å². The molecule has 0 fully saturated rings. The molecule has 124 valence electrons. The molecule has 4 aromatic rings. The van der Waals surface area contributed by atoms with Gasteiger partial charge in [0.05, 0.1) is 7.11 Å². The standard InChI is InChI=1S/C19H16N4OS/c1-24-16-10-6-5-9-15(16)13-25-18-12-11-17-20-21-19(23(17)22-18)14-7-3-2-4-8-14/h2-12H,13H2,1H3. The minimum atomic E-state index is 0.737. The van der Waals surface area contributed by atoms with Crippen LogP contribution in [0.3, 0.4) is 0 Å². The largest absolute Gasteiger partial charge is 0.496 e. The molecule has 0 aliphatic rings. The molecule has 2 aromatic carbocycles. The second-order valence-corrected chi connectivity index (χ2v) is 6.43. The molecule has 0 bridgehead atoms. The van der Waals surface area contributed by atoms with Gasteiger partial charge in [0.25, 0.3) is 0 Å². The molecule has 0 aliphatic carbocycles. The van der Waals surface area contributed by atoms with Gasteiger partial charge >= 0.3 is 0 Å². The van der Waals surface area contributed by atoms with Crippen LogP contribution < -0.4 is 4.74 Å². The molecular weight excluding hydrogens is 332 g/mol. The molecule has 0 aliphatic heterocycles. The first-order valence-electron chi connectivity index (χ1n) is 7.88. The average Bonchev–Trinajstić information content (AvgIpc) is 3.10. The molecule has 0 radical (unpaired) electrons. The van der Waals surface area contributed by atoms with Crippen molar-refractivity contribution in [2.75, 3.05) is 7.11 Å². The maximum absolute atomic E-state index is 5.41. The van der Waals surface area contributed by atoms with E-state index in [1.807, 2.05) is 60.7 Å². The summed E-state index contributed by atoms with van der Waals surface area (Å²) in [5, 5.41) is 14.1. The molecule has 0 unspecified atom stereocenters. The number of benzene rings is 2. The fourth-order valence-corrected chi connectivity index (χ4v) is 3.44. The average molecular weight is 348 g/mol. The zero-order valence-corrected chi connectivity index (χ0v) is 14.5. The summed E-state index contributed by atoms with van der Waals surface area (Å²) >= 11 is 1.66. The summed E-state index contributed by atoms with van der Waals surface area (Å²) in [6, 6.07) is 21.9. The highest BCUT2D eigenvalue weighted by atomic mass is 32.2. The van der Waals surface area contributed by atoms with Crippen LogP contribution in [0, 0.1) is 0 Å². The van der Waals surface area contributed by atoms with E-state index < -0.39 is 0 Å². The molecule has 25 heavy (non-hydrogen) atoms. The van der Waals surface area contributed by atoms with Crippen LogP contribution in [-0.2, 0) is 5.75 Å². The molecule has 0 N–H and O–H groups in total. The summed E-state index contributed by atoms with van der Waals surface area (Å²) in [7, 11) is 1.69. The number of fused-ring (bicyclic) bond motifs is 1. The molecule has 0 spiro atoms. The van der Waals surface area contributed by atoms with Gasteiger partial charge in [-0.2, -0.15) is 9.61 Å². The third-order valence-corrected chi connectivity index (χ3v) is 4.81. The van der Waals surface area contributed by atoms with E-state index in [0.717, 1.165) is 39.1 Å². The number of methoxy groups -OCH3 is 1. The van der Waals surface area contributed by atoms with Crippen LogP contribution in [0.5, 0.6) is 5.75 Å². The van der Waals surface area contributed by atoms with Crippen molar-refractivity contribution in [3.63, 3.8) is 0 Å². The van der Waals surface area contributed by atoms with Crippen LogP contribution in [-0.4, -0.2) is 26.9 Å². The Hall–Kier alpha value is -2.86. The maximum Gasteiger partial charge on any atom is 0.185 e. The number of ether oxygens (including phenoxy) is 1. The Labute approximate surface area is 149 Å². The molecule has 6 heteroatoms. The van der Waals surface area contributed by atoms with E-state index >= 15 is 0 Å². The lowest BCUT2D eigenvalue weighted by Gasteiger charge is -2.07. The first kappa shape index (κ1) is 15.7. The summed E-state index contributed by atoms with van der Waals surface area (Å²) in [5.41, 5.74) is 2.87. The predicted octanol–water partition coefficient (Wildman–Crippen LogP) is 4.09. The van der Waals surface area contributed by atoms with E-state index in [1.165, 1.54) is 0 Å². The van der Waals surface area contributed by atoms with Gasteiger partial charge in [-0.25, -0.2) is 0 Å². The summed E-state index contributed by atoms with van der Waals surface area (Å²) in [4.78, 5) is 0. The number of rotatable bonds is 5. The monoisotopic (exact) mass is 348 g/mol. The summed E-state index contributed by atoms with van der Waals surface area (Å²) in [6.45, 7) is 0. The first-order chi connectivity index (χ1) is 12.3. The Balaban J connectivity index is 1.63. The van der Waals surface area contributed by atoms with Crippen LogP contribution >= 0.6 is 11.8 Å². The molecule has 2 heterocycles. The van der Waals surface area contributed by atoms with E-state index in [1.54, 1.807) is 23.4 Å². The number of nitrogens with zero attached hydrogens (tertiary/aromatic N) is 4. The van der Waals surface area contributed by atoms with Gasteiger partial charge in [-0.1, -0.05) is 60.3 Å². The van der Waals surface area contributed by atoms with Gasteiger partial charge < -0.3 is 4.74 Å². The van der Waals surface area contributed by atoms with Crippen molar-refractivity contribution in [1.29, 1.82) is 0 Å². The zero-order valence-electron chi connectivity index (χ0n) is 13.7. The topological polar surface area (TPSA) is 52.3 Å². The molecule has 0 amide bonds. The summed E-state index contributed by atoms with van der Waals surface area (Å²) in [5.74, 6) is 2.42. The van der Waals surface area contributed by atoms with Gasteiger partial charge in [0.15, 0.2) is 11.5 Å².